The predicted octanol–water partition coefficient (Wildman–Crippen LogP) is 5.11. The number of rotatable bonds is 6. The molecule has 3 aromatic rings. The molecule has 29 heavy (non-hydrogen) atoms. The van der Waals surface area contributed by atoms with Crippen LogP contribution in [0.15, 0.2) is 54.6 Å². The monoisotopic (exact) mass is 388 g/mol. The van der Waals surface area contributed by atoms with Crippen LogP contribution in [-0.4, -0.2) is 21.9 Å². The summed E-state index contributed by atoms with van der Waals surface area (Å²) in [5.41, 5.74) is 4.72. The normalized spacial score (nSPS) is 10.7. The van der Waals surface area contributed by atoms with E-state index in [2.05, 4.69) is 40.7 Å². The quantitative estimate of drug-likeness (QED) is 0.574. The molecule has 2 aromatic carbocycles. The molecule has 0 aliphatic rings. The molecule has 0 fully saturated rings. The fraction of sp³-hybridized carbons (Fsp3) is 0.217. The van der Waals surface area contributed by atoms with Gasteiger partial charge in [0.15, 0.2) is 17.3 Å². The number of para-hydroxylation sites is 1. The zero-order valence-corrected chi connectivity index (χ0v) is 17.0. The third kappa shape index (κ3) is 4.85. The van der Waals surface area contributed by atoms with Crippen molar-refractivity contribution in [1.82, 2.24) is 10.2 Å². The molecular weight excluding hydrogens is 364 g/mol. The van der Waals surface area contributed by atoms with Gasteiger partial charge in [0.2, 0.25) is 0 Å². The van der Waals surface area contributed by atoms with Crippen LogP contribution >= 0.6 is 0 Å². The zero-order chi connectivity index (χ0) is 21.0. The first kappa shape index (κ1) is 20.2. The van der Waals surface area contributed by atoms with Crippen molar-refractivity contribution in [3.8, 4) is 0 Å². The van der Waals surface area contributed by atoms with Crippen LogP contribution in [-0.2, 0) is 0 Å². The lowest BCUT2D eigenvalue weighted by Crippen LogP contribution is -2.14. The summed E-state index contributed by atoms with van der Waals surface area (Å²) >= 11 is 0. The summed E-state index contributed by atoms with van der Waals surface area (Å²) in [6, 6.07) is 16.2. The lowest BCUT2D eigenvalue weighted by atomic mass is 9.98. The van der Waals surface area contributed by atoms with Crippen molar-refractivity contribution in [3.05, 3.63) is 77.0 Å². The van der Waals surface area contributed by atoms with E-state index in [0.717, 1.165) is 11.3 Å². The van der Waals surface area contributed by atoms with E-state index >= 15 is 0 Å². The van der Waals surface area contributed by atoms with E-state index in [-0.39, 0.29) is 17.4 Å². The van der Waals surface area contributed by atoms with Crippen molar-refractivity contribution in [2.24, 2.45) is 0 Å². The van der Waals surface area contributed by atoms with Crippen LogP contribution in [0.5, 0.6) is 0 Å². The van der Waals surface area contributed by atoms with Crippen molar-refractivity contribution in [1.29, 1.82) is 0 Å². The van der Waals surface area contributed by atoms with Gasteiger partial charge < -0.3 is 10.6 Å². The fourth-order valence-electron chi connectivity index (χ4n) is 2.97. The number of ketones is 1. The summed E-state index contributed by atoms with van der Waals surface area (Å²) in [5.74, 6) is 0.554. The lowest BCUT2D eigenvalue weighted by Gasteiger charge is -2.16. The molecule has 0 atom stereocenters. The molecule has 1 aromatic heterocycles. The number of aromatic nitrogens is 2. The maximum Gasteiger partial charge on any atom is 0.276 e. The van der Waals surface area contributed by atoms with E-state index < -0.39 is 0 Å². The van der Waals surface area contributed by atoms with Crippen LogP contribution in [0.25, 0.3) is 0 Å². The standard InChI is InChI=1S/C23H24N4O2/c1-14(2)19-7-5-6-15(3)22(19)25-21-13-12-20(26-27-21)23(29)24-18-10-8-17(9-11-18)16(4)28/h5-14H,1-4H3,(H,24,29)(H,25,27). The van der Waals surface area contributed by atoms with Gasteiger partial charge in [0, 0.05) is 16.9 Å². The highest BCUT2D eigenvalue weighted by Crippen LogP contribution is 2.29. The number of nitrogens with one attached hydrogen (secondary N) is 2. The molecular formula is C23H24N4O2. The van der Waals surface area contributed by atoms with Crippen molar-refractivity contribution >= 4 is 28.9 Å². The highest BCUT2D eigenvalue weighted by Gasteiger charge is 2.12. The molecule has 148 valence electrons. The number of carbonyl (C=O) groups is 2. The van der Waals surface area contributed by atoms with Crippen molar-refractivity contribution in [2.75, 3.05) is 10.6 Å². The molecule has 0 aliphatic heterocycles. The van der Waals surface area contributed by atoms with Crippen LogP contribution < -0.4 is 10.6 Å². The van der Waals surface area contributed by atoms with E-state index in [1.165, 1.54) is 12.5 Å². The van der Waals surface area contributed by atoms with Crippen molar-refractivity contribution in [2.45, 2.75) is 33.6 Å². The lowest BCUT2D eigenvalue weighted by molar-refractivity contribution is 0.101. The molecule has 0 saturated heterocycles. The minimum atomic E-state index is -0.363. The Morgan fingerprint density at radius 2 is 1.66 bits per heavy atom. The molecule has 0 radical (unpaired) electrons. The van der Waals surface area contributed by atoms with E-state index in [1.54, 1.807) is 36.4 Å². The third-order valence-electron chi connectivity index (χ3n) is 4.63. The van der Waals surface area contributed by atoms with Gasteiger partial charge in [0.05, 0.1) is 0 Å². The van der Waals surface area contributed by atoms with Crippen LogP contribution in [0.3, 0.4) is 0 Å². The molecule has 2 N–H and O–H groups in total. The number of hydrogen-bond acceptors (Lipinski definition) is 5. The highest BCUT2D eigenvalue weighted by atomic mass is 16.2. The summed E-state index contributed by atoms with van der Waals surface area (Å²) < 4.78 is 0. The topological polar surface area (TPSA) is 84.0 Å². The molecule has 0 aliphatic carbocycles. The SMILES string of the molecule is CC(=O)c1ccc(NC(=O)c2ccc(Nc3c(C)cccc3C(C)C)nn2)cc1. The van der Waals surface area contributed by atoms with Crippen LogP contribution in [0.2, 0.25) is 0 Å². The van der Waals surface area contributed by atoms with E-state index in [9.17, 15) is 9.59 Å². The number of amides is 1. The summed E-state index contributed by atoms with van der Waals surface area (Å²) in [6.07, 6.45) is 0. The molecule has 1 amide bonds. The van der Waals surface area contributed by atoms with Crippen molar-refractivity contribution < 1.29 is 9.59 Å². The molecule has 0 unspecified atom stereocenters. The van der Waals surface area contributed by atoms with Gasteiger partial charge >= 0.3 is 0 Å². The molecule has 0 saturated carbocycles. The van der Waals surface area contributed by atoms with Gasteiger partial charge in [-0.2, -0.15) is 0 Å². The molecule has 3 rings (SSSR count). The number of Topliss-reactive ketones (excluding diaryl/α,β-unsaturated/α-hetero) is 1. The van der Waals surface area contributed by atoms with Crippen molar-refractivity contribution in [3.63, 3.8) is 0 Å². The number of anilines is 3. The average molecular weight is 388 g/mol. The Bertz CT molecular complexity index is 1030. The average Bonchev–Trinajstić information content (AvgIpc) is 2.70. The Hall–Kier alpha value is -3.54. The Labute approximate surface area is 170 Å². The maximum absolute atomic E-state index is 12.4. The van der Waals surface area contributed by atoms with E-state index in [0.29, 0.717) is 23.0 Å². The van der Waals surface area contributed by atoms with Crippen LogP contribution in [0.1, 0.15) is 58.7 Å². The predicted molar refractivity (Wildman–Crippen MR) is 115 cm³/mol. The summed E-state index contributed by atoms with van der Waals surface area (Å²) in [7, 11) is 0. The first-order valence-corrected chi connectivity index (χ1v) is 9.47. The highest BCUT2D eigenvalue weighted by molar-refractivity contribution is 6.03. The molecule has 6 heteroatoms. The fourth-order valence-corrected chi connectivity index (χ4v) is 2.97. The summed E-state index contributed by atoms with van der Waals surface area (Å²) in [5, 5.41) is 14.3. The van der Waals surface area contributed by atoms with Gasteiger partial charge in [-0.15, -0.1) is 10.2 Å². The minimum Gasteiger partial charge on any atom is -0.338 e. The molecule has 1 heterocycles. The minimum absolute atomic E-state index is 0.0221. The first-order chi connectivity index (χ1) is 13.8. The van der Waals surface area contributed by atoms with Crippen LogP contribution in [0.4, 0.5) is 17.2 Å². The Balaban J connectivity index is 1.72. The number of benzene rings is 2. The van der Waals surface area contributed by atoms with E-state index in [4.69, 9.17) is 0 Å². The van der Waals surface area contributed by atoms with Gasteiger partial charge in [-0.25, -0.2) is 0 Å². The Kier molecular flexibility index (Phi) is 6.02. The first-order valence-electron chi connectivity index (χ1n) is 9.47. The van der Waals surface area contributed by atoms with Gasteiger partial charge in [-0.1, -0.05) is 32.0 Å². The number of carbonyl (C=O) groups excluding carboxylic acids is 2. The third-order valence-corrected chi connectivity index (χ3v) is 4.63. The summed E-state index contributed by atoms with van der Waals surface area (Å²) in [4.78, 5) is 23.7. The second kappa shape index (κ2) is 8.65. The second-order valence-corrected chi connectivity index (χ2v) is 7.21. The van der Waals surface area contributed by atoms with Crippen LogP contribution in [0, 0.1) is 6.92 Å². The second-order valence-electron chi connectivity index (χ2n) is 7.21. The summed E-state index contributed by atoms with van der Waals surface area (Å²) in [6.45, 7) is 7.82. The molecule has 0 spiro atoms. The van der Waals surface area contributed by atoms with Gasteiger partial charge in [0.25, 0.3) is 5.91 Å². The van der Waals surface area contributed by atoms with Gasteiger partial charge in [-0.05, 0) is 67.3 Å². The number of aryl methyl sites for hydroxylation is 1. The van der Waals surface area contributed by atoms with E-state index in [1.807, 2.05) is 19.1 Å². The van der Waals surface area contributed by atoms with Gasteiger partial charge in [0.1, 0.15) is 0 Å². The zero-order valence-electron chi connectivity index (χ0n) is 17.0. The Morgan fingerprint density at radius 1 is 0.931 bits per heavy atom. The Morgan fingerprint density at radius 3 is 2.24 bits per heavy atom. The number of hydrogen-bond donors (Lipinski definition) is 2. The molecule has 6 nitrogen and oxygen atoms in total. The maximum atomic E-state index is 12.4. The molecule has 0 bridgehead atoms. The van der Waals surface area contributed by atoms with Gasteiger partial charge in [-0.3, -0.25) is 9.59 Å². The number of nitrogens with zero attached hydrogens (tertiary/aromatic N) is 2. The largest absolute Gasteiger partial charge is 0.338 e. The smallest absolute Gasteiger partial charge is 0.276 e.